The van der Waals surface area contributed by atoms with Gasteiger partial charge in [-0.15, -0.1) is 0 Å². The van der Waals surface area contributed by atoms with Crippen LogP contribution in [0.3, 0.4) is 0 Å². The highest BCUT2D eigenvalue weighted by molar-refractivity contribution is 6.06. The van der Waals surface area contributed by atoms with Crippen molar-refractivity contribution in [3.05, 3.63) is 66.0 Å². The predicted octanol–water partition coefficient (Wildman–Crippen LogP) is 3.52. The van der Waals surface area contributed by atoms with E-state index in [1.807, 2.05) is 54.6 Å². The lowest BCUT2D eigenvalue weighted by Crippen LogP contribution is -2.15. The number of ether oxygens (including phenoxy) is 2. The van der Waals surface area contributed by atoms with Crippen molar-refractivity contribution in [3.63, 3.8) is 0 Å². The molecule has 0 aliphatic carbocycles. The number of benzene rings is 2. The minimum absolute atomic E-state index is 0.0697. The van der Waals surface area contributed by atoms with Crippen molar-refractivity contribution in [3.8, 4) is 5.69 Å². The van der Waals surface area contributed by atoms with Crippen LogP contribution in [0, 0.1) is 0 Å². The molecule has 3 rings (SSSR count). The number of hydrogen-bond acceptors (Lipinski definition) is 4. The number of nitrogens with zero attached hydrogens (tertiary/aromatic N) is 1. The number of hydrogen-bond donors (Lipinski definition) is 0. The first-order valence-corrected chi connectivity index (χ1v) is 8.09. The Kier molecular flexibility index (Phi) is 4.84. The maximum atomic E-state index is 12.5. The van der Waals surface area contributed by atoms with E-state index >= 15 is 0 Å². The molecule has 128 valence electrons. The van der Waals surface area contributed by atoms with Gasteiger partial charge in [-0.1, -0.05) is 42.5 Å². The van der Waals surface area contributed by atoms with Crippen molar-refractivity contribution in [2.45, 2.75) is 13.3 Å². The summed E-state index contributed by atoms with van der Waals surface area (Å²) >= 11 is 0. The molecule has 5 heteroatoms. The summed E-state index contributed by atoms with van der Waals surface area (Å²) in [6.45, 7) is 2.08. The van der Waals surface area contributed by atoms with E-state index in [9.17, 15) is 9.59 Å². The maximum absolute atomic E-state index is 12.5. The first-order valence-electron chi connectivity index (χ1n) is 8.09. The molecule has 0 radical (unpaired) electrons. The monoisotopic (exact) mass is 337 g/mol. The lowest BCUT2D eigenvalue weighted by molar-refractivity contribution is -0.142. The zero-order valence-corrected chi connectivity index (χ0v) is 14.2. The molecule has 25 heavy (non-hydrogen) atoms. The van der Waals surface area contributed by atoms with Gasteiger partial charge in [0.25, 0.3) is 0 Å². The van der Waals surface area contributed by atoms with E-state index < -0.39 is 5.97 Å². The number of carbonyl (C=O) groups is 2. The van der Waals surface area contributed by atoms with Gasteiger partial charge in [-0.25, -0.2) is 4.79 Å². The van der Waals surface area contributed by atoms with Crippen LogP contribution in [-0.4, -0.2) is 30.2 Å². The van der Waals surface area contributed by atoms with Gasteiger partial charge in [0.15, 0.2) is 0 Å². The predicted molar refractivity (Wildman–Crippen MR) is 95.0 cm³/mol. The fourth-order valence-corrected chi connectivity index (χ4v) is 3.00. The van der Waals surface area contributed by atoms with Gasteiger partial charge in [-0.3, -0.25) is 4.79 Å². The lowest BCUT2D eigenvalue weighted by Gasteiger charge is -2.12. The summed E-state index contributed by atoms with van der Waals surface area (Å²) in [5.74, 6) is -0.783. The van der Waals surface area contributed by atoms with Gasteiger partial charge in [0.05, 0.1) is 20.1 Å². The van der Waals surface area contributed by atoms with E-state index in [2.05, 4.69) is 0 Å². The quantitative estimate of drug-likeness (QED) is 0.669. The second-order valence-corrected chi connectivity index (χ2v) is 5.49. The summed E-state index contributed by atoms with van der Waals surface area (Å²) in [6.07, 6.45) is 0.0697. The molecule has 3 aromatic rings. The van der Waals surface area contributed by atoms with Gasteiger partial charge >= 0.3 is 11.9 Å². The summed E-state index contributed by atoms with van der Waals surface area (Å²) in [5.41, 5.74) is 1.91. The average Bonchev–Trinajstić information content (AvgIpc) is 2.96. The molecule has 0 unspecified atom stereocenters. The molecular formula is C20H19NO4. The third kappa shape index (κ3) is 3.13. The molecule has 0 fully saturated rings. The molecule has 0 atom stereocenters. The van der Waals surface area contributed by atoms with Crippen LogP contribution in [-0.2, 0) is 20.7 Å². The van der Waals surface area contributed by atoms with E-state index in [1.54, 1.807) is 11.5 Å². The number of methoxy groups -OCH3 is 1. The summed E-state index contributed by atoms with van der Waals surface area (Å²) in [7, 11) is 1.35. The van der Waals surface area contributed by atoms with Gasteiger partial charge in [0.1, 0.15) is 5.69 Å². The Balaban J connectivity index is 2.31. The Hall–Kier alpha value is -3.08. The Morgan fingerprint density at radius 2 is 1.60 bits per heavy atom. The molecule has 1 aromatic heterocycles. The van der Waals surface area contributed by atoms with Crippen LogP contribution in [0.1, 0.15) is 23.1 Å². The molecule has 0 aliphatic rings. The highest BCUT2D eigenvalue weighted by atomic mass is 16.5. The maximum Gasteiger partial charge on any atom is 0.355 e. The number of para-hydroxylation sites is 1. The fraction of sp³-hybridized carbons (Fsp3) is 0.200. The van der Waals surface area contributed by atoms with E-state index in [0.29, 0.717) is 18.0 Å². The van der Waals surface area contributed by atoms with Gasteiger partial charge in [0, 0.05) is 22.2 Å². The van der Waals surface area contributed by atoms with Crippen LogP contribution >= 0.6 is 0 Å². The van der Waals surface area contributed by atoms with Crippen molar-refractivity contribution in [2.75, 3.05) is 13.7 Å². The minimum atomic E-state index is -0.449. The third-order valence-electron chi connectivity index (χ3n) is 4.00. The highest BCUT2D eigenvalue weighted by Crippen LogP contribution is 2.30. The molecule has 1 heterocycles. The van der Waals surface area contributed by atoms with Gasteiger partial charge < -0.3 is 14.0 Å². The van der Waals surface area contributed by atoms with E-state index in [1.165, 1.54) is 7.11 Å². The molecule has 2 aromatic carbocycles. The molecule has 5 nitrogen and oxygen atoms in total. The number of rotatable bonds is 5. The van der Waals surface area contributed by atoms with Crippen molar-refractivity contribution in [1.29, 1.82) is 0 Å². The standard InChI is InChI=1S/C20H19NO4/c1-3-25-18(22)13-17-15-11-7-8-12-16(15)19(20(23)24-2)21(17)14-9-5-4-6-10-14/h4-12H,3,13H2,1-2H3. The van der Waals surface area contributed by atoms with Crippen molar-refractivity contribution >= 4 is 22.7 Å². The van der Waals surface area contributed by atoms with E-state index in [0.717, 1.165) is 16.5 Å². The Morgan fingerprint density at radius 3 is 2.24 bits per heavy atom. The Bertz CT molecular complexity index is 912. The minimum Gasteiger partial charge on any atom is -0.466 e. The number of fused-ring (bicyclic) bond motifs is 1. The van der Waals surface area contributed by atoms with Crippen LogP contribution in [0.4, 0.5) is 0 Å². The molecule has 0 aliphatic heterocycles. The van der Waals surface area contributed by atoms with Crippen LogP contribution in [0.2, 0.25) is 0 Å². The normalized spacial score (nSPS) is 10.6. The van der Waals surface area contributed by atoms with Crippen LogP contribution < -0.4 is 0 Å². The molecule has 0 amide bonds. The van der Waals surface area contributed by atoms with E-state index in [4.69, 9.17) is 9.47 Å². The van der Waals surface area contributed by atoms with Gasteiger partial charge in [-0.2, -0.15) is 0 Å². The number of aromatic nitrogens is 1. The molecule has 0 bridgehead atoms. The smallest absolute Gasteiger partial charge is 0.355 e. The summed E-state index contributed by atoms with van der Waals surface area (Å²) in [4.78, 5) is 24.6. The lowest BCUT2D eigenvalue weighted by atomic mass is 10.1. The number of carbonyl (C=O) groups excluding carboxylic acids is 2. The molecule has 0 N–H and O–H groups in total. The summed E-state index contributed by atoms with van der Waals surface area (Å²) in [5, 5.41) is 1.58. The largest absolute Gasteiger partial charge is 0.466 e. The first kappa shape index (κ1) is 16.8. The highest BCUT2D eigenvalue weighted by Gasteiger charge is 2.25. The Morgan fingerprint density at radius 1 is 0.960 bits per heavy atom. The SMILES string of the molecule is CCOC(=O)Cc1c2ccccc2c(C(=O)OC)n1-c1ccccc1. The molecular weight excluding hydrogens is 318 g/mol. The zero-order valence-electron chi connectivity index (χ0n) is 14.2. The van der Waals surface area contributed by atoms with Crippen molar-refractivity contribution in [1.82, 2.24) is 4.57 Å². The van der Waals surface area contributed by atoms with Crippen molar-refractivity contribution < 1.29 is 19.1 Å². The third-order valence-corrected chi connectivity index (χ3v) is 4.00. The second kappa shape index (κ2) is 7.21. The Labute approximate surface area is 145 Å². The summed E-state index contributed by atoms with van der Waals surface area (Å²) < 4.78 is 11.9. The second-order valence-electron chi connectivity index (χ2n) is 5.49. The molecule has 0 saturated carbocycles. The van der Waals surface area contributed by atoms with Gasteiger partial charge in [0.2, 0.25) is 0 Å². The van der Waals surface area contributed by atoms with Crippen LogP contribution in [0.25, 0.3) is 16.5 Å². The molecule has 0 spiro atoms. The number of esters is 2. The van der Waals surface area contributed by atoms with Crippen molar-refractivity contribution in [2.24, 2.45) is 0 Å². The molecule has 0 saturated heterocycles. The summed E-state index contributed by atoms with van der Waals surface area (Å²) in [6, 6.07) is 16.9. The fourth-order valence-electron chi connectivity index (χ4n) is 3.00. The topological polar surface area (TPSA) is 57.5 Å². The van der Waals surface area contributed by atoms with Gasteiger partial charge in [-0.05, 0) is 19.1 Å². The van der Waals surface area contributed by atoms with E-state index in [-0.39, 0.29) is 12.4 Å². The van der Waals surface area contributed by atoms with Crippen LogP contribution in [0.5, 0.6) is 0 Å². The first-order chi connectivity index (χ1) is 12.2. The average molecular weight is 337 g/mol. The zero-order chi connectivity index (χ0) is 17.8. The van der Waals surface area contributed by atoms with Crippen LogP contribution in [0.15, 0.2) is 54.6 Å².